The van der Waals surface area contributed by atoms with Gasteiger partial charge in [-0.1, -0.05) is 19.8 Å². The number of amides is 1. The number of aliphatic imine (C=N–C) groups is 1. The fraction of sp³-hybridized carbons (Fsp3) is 0.895. The van der Waals surface area contributed by atoms with E-state index in [4.69, 9.17) is 0 Å². The van der Waals surface area contributed by atoms with Crippen molar-refractivity contribution < 1.29 is 4.79 Å². The predicted molar refractivity (Wildman–Crippen MR) is 119 cm³/mol. The van der Waals surface area contributed by atoms with Crippen molar-refractivity contribution in [3.63, 3.8) is 0 Å². The number of nitrogens with zero attached hydrogens (tertiary/aromatic N) is 3. The van der Waals surface area contributed by atoms with E-state index >= 15 is 0 Å². The highest BCUT2D eigenvalue weighted by Gasteiger charge is 2.26. The van der Waals surface area contributed by atoms with E-state index in [1.807, 2.05) is 0 Å². The van der Waals surface area contributed by atoms with Crippen LogP contribution in [0.25, 0.3) is 0 Å². The minimum Gasteiger partial charge on any atom is -0.354 e. The number of halogens is 1. The van der Waals surface area contributed by atoms with Crippen molar-refractivity contribution in [1.29, 1.82) is 0 Å². The van der Waals surface area contributed by atoms with Crippen LogP contribution in [-0.4, -0.2) is 74.0 Å². The zero-order valence-electron chi connectivity index (χ0n) is 17.0. The second-order valence-electron chi connectivity index (χ2n) is 7.95. The average molecular weight is 479 g/mol. The standard InChI is InChI=1S/C19H37N5O.HI/c1-5-15(2)21-19(20-12-18(25)23(3)4)22-17-10-11-24(14-17)13-16-8-6-7-9-16;/h15-17H,5-14H2,1-4H3,(H2,20,21,22);1H. The summed E-state index contributed by atoms with van der Waals surface area (Å²) in [4.78, 5) is 20.5. The largest absolute Gasteiger partial charge is 0.354 e. The Kier molecular flexibility index (Phi) is 10.8. The monoisotopic (exact) mass is 479 g/mol. The number of hydrogen-bond donors (Lipinski definition) is 2. The number of carbonyl (C=O) groups is 1. The van der Waals surface area contributed by atoms with E-state index in [0.29, 0.717) is 12.1 Å². The lowest BCUT2D eigenvalue weighted by molar-refractivity contribution is -0.127. The molecule has 0 radical (unpaired) electrons. The molecule has 7 heteroatoms. The maximum atomic E-state index is 11.8. The molecule has 0 aromatic carbocycles. The Bertz CT molecular complexity index is 451. The van der Waals surface area contributed by atoms with Gasteiger partial charge in [-0.15, -0.1) is 24.0 Å². The van der Waals surface area contributed by atoms with Crippen molar-refractivity contribution in [2.75, 3.05) is 40.3 Å². The van der Waals surface area contributed by atoms with Gasteiger partial charge in [0.15, 0.2) is 5.96 Å². The molecule has 2 rings (SSSR count). The second-order valence-corrected chi connectivity index (χ2v) is 7.95. The minimum atomic E-state index is 0. The van der Waals surface area contributed by atoms with Crippen LogP contribution in [0, 0.1) is 5.92 Å². The van der Waals surface area contributed by atoms with Gasteiger partial charge in [-0.3, -0.25) is 4.79 Å². The van der Waals surface area contributed by atoms with Gasteiger partial charge in [-0.25, -0.2) is 4.99 Å². The number of guanidine groups is 1. The molecule has 1 aliphatic heterocycles. The Morgan fingerprint density at radius 3 is 2.58 bits per heavy atom. The smallest absolute Gasteiger partial charge is 0.243 e. The third kappa shape index (κ3) is 7.98. The van der Waals surface area contributed by atoms with Gasteiger partial charge in [0.25, 0.3) is 0 Å². The minimum absolute atomic E-state index is 0. The molecule has 1 amide bonds. The SMILES string of the molecule is CCC(C)NC(=NCC(=O)N(C)C)NC1CCN(CC2CCCC2)C1.I. The molecule has 6 nitrogen and oxygen atoms in total. The molecule has 1 saturated carbocycles. The molecule has 1 saturated heterocycles. The summed E-state index contributed by atoms with van der Waals surface area (Å²) in [6.07, 6.45) is 7.81. The summed E-state index contributed by atoms with van der Waals surface area (Å²) in [5.74, 6) is 1.71. The highest BCUT2D eigenvalue weighted by Crippen LogP contribution is 2.26. The zero-order chi connectivity index (χ0) is 18.2. The molecule has 0 bridgehead atoms. The number of rotatable bonds is 7. The Morgan fingerprint density at radius 2 is 1.96 bits per heavy atom. The van der Waals surface area contributed by atoms with Crippen molar-refractivity contribution in [2.24, 2.45) is 10.9 Å². The van der Waals surface area contributed by atoms with Crippen molar-refractivity contribution in [1.82, 2.24) is 20.4 Å². The molecule has 2 unspecified atom stereocenters. The van der Waals surface area contributed by atoms with Crippen LogP contribution >= 0.6 is 24.0 Å². The highest BCUT2D eigenvalue weighted by atomic mass is 127. The van der Waals surface area contributed by atoms with Gasteiger partial charge in [-0.05, 0) is 38.5 Å². The molecule has 1 heterocycles. The summed E-state index contributed by atoms with van der Waals surface area (Å²) in [6.45, 7) is 7.99. The summed E-state index contributed by atoms with van der Waals surface area (Å²) >= 11 is 0. The van der Waals surface area contributed by atoms with E-state index in [9.17, 15) is 4.79 Å². The molecular formula is C19H38IN5O. The zero-order valence-corrected chi connectivity index (χ0v) is 19.3. The molecule has 1 aliphatic carbocycles. The molecular weight excluding hydrogens is 441 g/mol. The van der Waals surface area contributed by atoms with E-state index in [-0.39, 0.29) is 36.4 Å². The quantitative estimate of drug-likeness (QED) is 0.334. The summed E-state index contributed by atoms with van der Waals surface area (Å²) in [7, 11) is 3.54. The van der Waals surface area contributed by atoms with Crippen LogP contribution in [0.1, 0.15) is 52.4 Å². The molecule has 0 spiro atoms. The van der Waals surface area contributed by atoms with Crippen molar-refractivity contribution in [3.8, 4) is 0 Å². The summed E-state index contributed by atoms with van der Waals surface area (Å²) < 4.78 is 0. The fourth-order valence-electron chi connectivity index (χ4n) is 3.62. The normalized spacial score (nSPS) is 22.8. The molecule has 2 atom stereocenters. The Hall–Kier alpha value is -0.570. The first-order valence-electron chi connectivity index (χ1n) is 9.98. The molecule has 0 aromatic rings. The van der Waals surface area contributed by atoms with Gasteiger partial charge in [-0.2, -0.15) is 0 Å². The van der Waals surface area contributed by atoms with Crippen LogP contribution in [0.5, 0.6) is 0 Å². The van der Waals surface area contributed by atoms with E-state index in [2.05, 4.69) is 34.4 Å². The first-order valence-corrected chi connectivity index (χ1v) is 9.98. The number of likely N-dealkylation sites (tertiary alicyclic amines) is 1. The van der Waals surface area contributed by atoms with E-state index < -0.39 is 0 Å². The van der Waals surface area contributed by atoms with Crippen molar-refractivity contribution >= 4 is 35.8 Å². The lowest BCUT2D eigenvalue weighted by Gasteiger charge is -2.23. The van der Waals surface area contributed by atoms with Crippen molar-refractivity contribution in [2.45, 2.75) is 64.5 Å². The average Bonchev–Trinajstić information content (AvgIpc) is 3.24. The van der Waals surface area contributed by atoms with Crippen LogP contribution in [-0.2, 0) is 4.79 Å². The number of hydrogen-bond acceptors (Lipinski definition) is 3. The first kappa shape index (κ1) is 23.5. The van der Waals surface area contributed by atoms with Crippen LogP contribution in [0.15, 0.2) is 4.99 Å². The molecule has 2 fully saturated rings. The molecule has 2 N–H and O–H groups in total. The Balaban J connectivity index is 0.00000338. The molecule has 2 aliphatic rings. The van der Waals surface area contributed by atoms with E-state index in [1.54, 1.807) is 19.0 Å². The van der Waals surface area contributed by atoms with Gasteiger partial charge < -0.3 is 20.4 Å². The third-order valence-corrected chi connectivity index (χ3v) is 5.47. The van der Waals surface area contributed by atoms with Gasteiger partial charge >= 0.3 is 0 Å². The lowest BCUT2D eigenvalue weighted by atomic mass is 10.1. The topological polar surface area (TPSA) is 60.0 Å². The second kappa shape index (κ2) is 12.0. The summed E-state index contributed by atoms with van der Waals surface area (Å²) in [5, 5.41) is 6.98. The molecule has 0 aromatic heterocycles. The van der Waals surface area contributed by atoms with Gasteiger partial charge in [0, 0.05) is 45.8 Å². The number of likely N-dealkylation sites (N-methyl/N-ethyl adjacent to an activating group) is 1. The summed E-state index contributed by atoms with van der Waals surface area (Å²) in [6, 6.07) is 0.767. The van der Waals surface area contributed by atoms with E-state index in [0.717, 1.165) is 31.3 Å². The molecule has 26 heavy (non-hydrogen) atoms. The summed E-state index contributed by atoms with van der Waals surface area (Å²) in [5.41, 5.74) is 0. The van der Waals surface area contributed by atoms with Crippen LogP contribution < -0.4 is 10.6 Å². The number of nitrogens with one attached hydrogen (secondary N) is 2. The fourth-order valence-corrected chi connectivity index (χ4v) is 3.62. The van der Waals surface area contributed by atoms with Crippen LogP contribution in [0.4, 0.5) is 0 Å². The van der Waals surface area contributed by atoms with Crippen molar-refractivity contribution in [3.05, 3.63) is 0 Å². The van der Waals surface area contributed by atoms with Crippen LogP contribution in [0.2, 0.25) is 0 Å². The van der Waals surface area contributed by atoms with E-state index in [1.165, 1.54) is 38.8 Å². The molecule has 152 valence electrons. The third-order valence-electron chi connectivity index (χ3n) is 5.47. The number of carbonyl (C=O) groups excluding carboxylic acids is 1. The maximum Gasteiger partial charge on any atom is 0.243 e. The lowest BCUT2D eigenvalue weighted by Crippen LogP contribution is -2.48. The highest BCUT2D eigenvalue weighted by molar-refractivity contribution is 14.0. The van der Waals surface area contributed by atoms with Gasteiger partial charge in [0.1, 0.15) is 6.54 Å². The maximum absolute atomic E-state index is 11.8. The van der Waals surface area contributed by atoms with Crippen LogP contribution in [0.3, 0.4) is 0 Å². The first-order chi connectivity index (χ1) is 12.0. The van der Waals surface area contributed by atoms with Gasteiger partial charge in [0.05, 0.1) is 0 Å². The van der Waals surface area contributed by atoms with Gasteiger partial charge in [0.2, 0.25) is 5.91 Å². The Labute approximate surface area is 176 Å². The Morgan fingerprint density at radius 1 is 1.27 bits per heavy atom. The predicted octanol–water partition coefficient (Wildman–Crippen LogP) is 2.29.